The Morgan fingerprint density at radius 3 is 2.47 bits per heavy atom. The van der Waals surface area contributed by atoms with E-state index in [4.69, 9.17) is 0 Å². The maximum Gasteiger partial charge on any atom is 0.227 e. The van der Waals surface area contributed by atoms with Crippen molar-refractivity contribution in [2.45, 2.75) is 32.2 Å². The number of rotatable bonds is 2. The average molecular weight is 239 g/mol. The Morgan fingerprint density at radius 1 is 1.24 bits per heavy atom. The fourth-order valence-corrected chi connectivity index (χ4v) is 2.66. The van der Waals surface area contributed by atoms with Gasteiger partial charge in [-0.05, 0) is 25.8 Å². The number of nitrogens with zero attached hydrogens (tertiary/aromatic N) is 1. The largest absolute Gasteiger partial charge is 0.353 e. The van der Waals surface area contributed by atoms with Gasteiger partial charge in [-0.3, -0.25) is 9.59 Å². The Balaban J connectivity index is 1.78. The van der Waals surface area contributed by atoms with E-state index in [1.54, 1.807) is 6.92 Å². The first kappa shape index (κ1) is 12.4. The molecule has 2 rings (SSSR count). The number of likely N-dealkylation sites (tertiary alicyclic amines) is 1. The minimum absolute atomic E-state index is 0.0229. The Hall–Kier alpha value is -1.10. The van der Waals surface area contributed by atoms with Crippen molar-refractivity contribution in [3.8, 4) is 0 Å². The molecular formula is C12H21N3O2. The quantitative estimate of drug-likeness (QED) is 0.697. The number of carbonyl (C=O) groups is 2. The number of amides is 2. The number of carbonyl (C=O) groups excluding carboxylic acids is 2. The molecule has 0 aromatic rings. The Morgan fingerprint density at radius 2 is 1.94 bits per heavy atom. The number of piperidine rings is 1. The summed E-state index contributed by atoms with van der Waals surface area (Å²) in [7, 11) is 0. The molecular weight excluding hydrogens is 218 g/mol. The molecule has 0 aromatic heterocycles. The lowest BCUT2D eigenvalue weighted by Crippen LogP contribution is -2.47. The molecule has 2 aliphatic heterocycles. The van der Waals surface area contributed by atoms with E-state index in [2.05, 4.69) is 10.6 Å². The third kappa shape index (κ3) is 3.19. The Labute approximate surface area is 102 Å². The standard InChI is InChI=1S/C12H21N3O2/c1-9(16)14-11-3-6-15(7-4-11)12(17)10-2-5-13-8-10/h10-11,13H,2-8H2,1H3,(H,14,16). The third-order valence-electron chi connectivity index (χ3n) is 3.62. The molecule has 0 saturated carbocycles. The summed E-state index contributed by atoms with van der Waals surface area (Å²) in [5.74, 6) is 0.485. The highest BCUT2D eigenvalue weighted by Crippen LogP contribution is 2.16. The predicted molar refractivity (Wildman–Crippen MR) is 64.4 cm³/mol. The van der Waals surface area contributed by atoms with Crippen molar-refractivity contribution < 1.29 is 9.59 Å². The summed E-state index contributed by atoms with van der Waals surface area (Å²) in [5, 5.41) is 6.14. The second-order valence-corrected chi connectivity index (χ2v) is 4.99. The third-order valence-corrected chi connectivity index (χ3v) is 3.62. The summed E-state index contributed by atoms with van der Waals surface area (Å²) in [6.07, 6.45) is 2.72. The zero-order valence-electron chi connectivity index (χ0n) is 10.4. The van der Waals surface area contributed by atoms with E-state index >= 15 is 0 Å². The minimum Gasteiger partial charge on any atom is -0.353 e. The van der Waals surface area contributed by atoms with E-state index in [0.29, 0.717) is 0 Å². The molecule has 17 heavy (non-hydrogen) atoms. The van der Waals surface area contributed by atoms with Crippen LogP contribution < -0.4 is 10.6 Å². The first-order valence-corrected chi connectivity index (χ1v) is 6.43. The van der Waals surface area contributed by atoms with Crippen LogP contribution in [0.5, 0.6) is 0 Å². The van der Waals surface area contributed by atoms with Gasteiger partial charge in [0.1, 0.15) is 0 Å². The maximum atomic E-state index is 12.1. The maximum absolute atomic E-state index is 12.1. The molecule has 0 aromatic carbocycles. The lowest BCUT2D eigenvalue weighted by Gasteiger charge is -2.33. The first-order chi connectivity index (χ1) is 8.16. The topological polar surface area (TPSA) is 61.4 Å². The summed E-state index contributed by atoms with van der Waals surface area (Å²) < 4.78 is 0. The summed E-state index contributed by atoms with van der Waals surface area (Å²) in [6.45, 7) is 4.88. The molecule has 2 heterocycles. The van der Waals surface area contributed by atoms with Crippen LogP contribution in [0.3, 0.4) is 0 Å². The highest BCUT2D eigenvalue weighted by molar-refractivity contribution is 5.79. The van der Waals surface area contributed by atoms with Crippen molar-refractivity contribution in [3.63, 3.8) is 0 Å². The number of hydrogen-bond acceptors (Lipinski definition) is 3. The van der Waals surface area contributed by atoms with Gasteiger partial charge >= 0.3 is 0 Å². The highest BCUT2D eigenvalue weighted by atomic mass is 16.2. The van der Waals surface area contributed by atoms with Crippen LogP contribution in [0.1, 0.15) is 26.2 Å². The number of nitrogens with one attached hydrogen (secondary N) is 2. The van der Waals surface area contributed by atoms with E-state index in [-0.39, 0.29) is 23.8 Å². The van der Waals surface area contributed by atoms with Gasteiger partial charge < -0.3 is 15.5 Å². The van der Waals surface area contributed by atoms with E-state index in [1.165, 1.54) is 0 Å². The first-order valence-electron chi connectivity index (χ1n) is 6.43. The summed E-state index contributed by atoms with van der Waals surface area (Å²) in [5.41, 5.74) is 0. The van der Waals surface area contributed by atoms with Crippen LogP contribution in [0.4, 0.5) is 0 Å². The van der Waals surface area contributed by atoms with Crippen LogP contribution in [0, 0.1) is 5.92 Å². The van der Waals surface area contributed by atoms with Gasteiger partial charge in [-0.15, -0.1) is 0 Å². The molecule has 2 N–H and O–H groups in total. The van der Waals surface area contributed by atoms with Crippen LogP contribution in [0.15, 0.2) is 0 Å². The summed E-state index contributed by atoms with van der Waals surface area (Å²) in [4.78, 5) is 25.0. The van der Waals surface area contributed by atoms with Crippen molar-refractivity contribution in [1.29, 1.82) is 0 Å². The van der Waals surface area contributed by atoms with Crippen molar-refractivity contribution in [2.24, 2.45) is 5.92 Å². The summed E-state index contributed by atoms with van der Waals surface area (Å²) >= 11 is 0. The van der Waals surface area contributed by atoms with Crippen LogP contribution in [-0.2, 0) is 9.59 Å². The normalized spacial score (nSPS) is 25.9. The second-order valence-electron chi connectivity index (χ2n) is 4.99. The smallest absolute Gasteiger partial charge is 0.227 e. The predicted octanol–water partition coefficient (Wildman–Crippen LogP) is -0.277. The van der Waals surface area contributed by atoms with Gasteiger partial charge in [-0.25, -0.2) is 0 Å². The van der Waals surface area contributed by atoms with Crippen molar-refractivity contribution in [3.05, 3.63) is 0 Å². The molecule has 1 unspecified atom stereocenters. The van der Waals surface area contributed by atoms with Gasteiger partial charge in [0.15, 0.2) is 0 Å². The fraction of sp³-hybridized carbons (Fsp3) is 0.833. The average Bonchev–Trinajstić information content (AvgIpc) is 2.82. The molecule has 2 aliphatic rings. The molecule has 0 spiro atoms. The van der Waals surface area contributed by atoms with E-state index in [1.807, 2.05) is 4.90 Å². The van der Waals surface area contributed by atoms with Gasteiger partial charge in [0, 0.05) is 32.6 Å². The highest BCUT2D eigenvalue weighted by Gasteiger charge is 2.29. The number of hydrogen-bond donors (Lipinski definition) is 2. The van der Waals surface area contributed by atoms with Crippen LogP contribution in [0.2, 0.25) is 0 Å². The van der Waals surface area contributed by atoms with Crippen LogP contribution in [-0.4, -0.2) is 48.9 Å². The van der Waals surface area contributed by atoms with Crippen molar-refractivity contribution in [1.82, 2.24) is 15.5 Å². The molecule has 2 saturated heterocycles. The van der Waals surface area contributed by atoms with Crippen LogP contribution >= 0.6 is 0 Å². The van der Waals surface area contributed by atoms with E-state index < -0.39 is 0 Å². The molecule has 1 atom stereocenters. The lowest BCUT2D eigenvalue weighted by atomic mass is 10.0. The zero-order chi connectivity index (χ0) is 12.3. The molecule has 5 nitrogen and oxygen atoms in total. The van der Waals surface area contributed by atoms with Gasteiger partial charge in [0.25, 0.3) is 0 Å². The minimum atomic E-state index is 0.0229. The Bertz CT molecular complexity index is 292. The van der Waals surface area contributed by atoms with E-state index in [9.17, 15) is 9.59 Å². The molecule has 0 aliphatic carbocycles. The molecule has 0 bridgehead atoms. The SMILES string of the molecule is CC(=O)NC1CCN(C(=O)C2CCNC2)CC1. The second kappa shape index (κ2) is 5.49. The van der Waals surface area contributed by atoms with Crippen molar-refractivity contribution in [2.75, 3.05) is 26.2 Å². The van der Waals surface area contributed by atoms with Gasteiger partial charge in [0.2, 0.25) is 11.8 Å². The van der Waals surface area contributed by atoms with E-state index in [0.717, 1.165) is 45.4 Å². The molecule has 2 amide bonds. The lowest BCUT2D eigenvalue weighted by molar-refractivity contribution is -0.136. The molecule has 96 valence electrons. The molecule has 5 heteroatoms. The molecule has 0 radical (unpaired) electrons. The Kier molecular flexibility index (Phi) is 3.99. The van der Waals surface area contributed by atoms with Crippen LogP contribution in [0.25, 0.3) is 0 Å². The van der Waals surface area contributed by atoms with Gasteiger partial charge in [-0.1, -0.05) is 0 Å². The van der Waals surface area contributed by atoms with Gasteiger partial charge in [-0.2, -0.15) is 0 Å². The summed E-state index contributed by atoms with van der Waals surface area (Å²) in [6, 6.07) is 0.248. The zero-order valence-corrected chi connectivity index (χ0v) is 10.4. The fourth-order valence-electron chi connectivity index (χ4n) is 2.66. The molecule has 2 fully saturated rings. The van der Waals surface area contributed by atoms with Gasteiger partial charge in [0.05, 0.1) is 5.92 Å². The monoisotopic (exact) mass is 239 g/mol. The van der Waals surface area contributed by atoms with Crippen molar-refractivity contribution >= 4 is 11.8 Å².